The third-order valence-electron chi connectivity index (χ3n) is 2.11. The molecule has 1 aliphatic heterocycles. The Bertz CT molecular complexity index is 113. The first-order chi connectivity index (χ1) is 5.88. The first-order valence-electron chi connectivity index (χ1n) is 4.57. The topological polar surface area (TPSA) is 35.9 Å². The molecule has 0 amide bonds. The van der Waals surface area contributed by atoms with Gasteiger partial charge in [0.15, 0.2) is 0 Å². The van der Waals surface area contributed by atoms with Gasteiger partial charge in [-0.05, 0) is 0 Å². The molecule has 0 atom stereocenters. The highest BCUT2D eigenvalue weighted by Gasteiger charge is 2.15. The van der Waals surface area contributed by atoms with E-state index < -0.39 is 0 Å². The molecule has 0 radical (unpaired) electrons. The van der Waals surface area contributed by atoms with Crippen LogP contribution >= 0.6 is 0 Å². The van der Waals surface area contributed by atoms with Gasteiger partial charge in [0.25, 0.3) is 0 Å². The zero-order valence-corrected chi connectivity index (χ0v) is 7.70. The minimum atomic E-state index is 0.227. The smallest absolute Gasteiger partial charge is 0.0608 e. The Labute approximate surface area is 73.7 Å². The number of likely N-dealkylation sites (N-methyl/N-ethyl adjacent to an activating group) is 1. The van der Waals surface area contributed by atoms with Crippen LogP contribution in [0.25, 0.3) is 0 Å². The van der Waals surface area contributed by atoms with Crippen molar-refractivity contribution in [2.24, 2.45) is 0 Å². The van der Waals surface area contributed by atoms with Crippen molar-refractivity contribution in [3.8, 4) is 0 Å². The maximum Gasteiger partial charge on any atom is 0.0608 e. The van der Waals surface area contributed by atoms with Gasteiger partial charge in [-0.15, -0.1) is 0 Å². The van der Waals surface area contributed by atoms with Crippen LogP contribution in [0.1, 0.15) is 6.92 Å². The van der Waals surface area contributed by atoms with Crippen LogP contribution in [0.2, 0.25) is 0 Å². The largest absolute Gasteiger partial charge is 0.395 e. The molecule has 12 heavy (non-hydrogen) atoms. The van der Waals surface area contributed by atoms with Gasteiger partial charge in [0.05, 0.1) is 19.8 Å². The van der Waals surface area contributed by atoms with Gasteiger partial charge in [0.1, 0.15) is 0 Å². The van der Waals surface area contributed by atoms with E-state index in [9.17, 15) is 0 Å². The van der Waals surface area contributed by atoms with E-state index in [1.165, 1.54) is 0 Å². The van der Waals surface area contributed by atoms with Crippen LogP contribution in [-0.2, 0) is 4.74 Å². The fourth-order valence-corrected chi connectivity index (χ4v) is 1.45. The molecule has 0 aliphatic carbocycles. The number of hydrogen-bond donors (Lipinski definition) is 1. The zero-order valence-electron chi connectivity index (χ0n) is 7.70. The number of nitrogens with zero attached hydrogens (tertiary/aromatic N) is 2. The van der Waals surface area contributed by atoms with E-state index in [1.807, 2.05) is 0 Å². The Hall–Kier alpha value is -0.160. The predicted molar refractivity (Wildman–Crippen MR) is 46.7 cm³/mol. The Kier molecular flexibility index (Phi) is 4.53. The van der Waals surface area contributed by atoms with Gasteiger partial charge in [0, 0.05) is 26.2 Å². The summed E-state index contributed by atoms with van der Waals surface area (Å²) in [5.41, 5.74) is 0. The molecule has 1 N–H and O–H groups in total. The van der Waals surface area contributed by atoms with Crippen molar-refractivity contribution in [1.29, 1.82) is 0 Å². The summed E-state index contributed by atoms with van der Waals surface area (Å²) in [6.07, 6.45) is 0. The van der Waals surface area contributed by atoms with Crippen molar-refractivity contribution in [3.05, 3.63) is 0 Å². The molecule has 1 heterocycles. The Morgan fingerprint density at radius 3 is 2.58 bits per heavy atom. The van der Waals surface area contributed by atoms with E-state index in [1.54, 1.807) is 0 Å². The predicted octanol–water partition coefficient (Wildman–Crippen LogP) is -0.452. The van der Waals surface area contributed by atoms with Crippen molar-refractivity contribution >= 4 is 0 Å². The SMILES string of the molecule is CCN(CCO)N1CCOCC1. The molecule has 1 rings (SSSR count). The third-order valence-corrected chi connectivity index (χ3v) is 2.11. The number of morpholine rings is 1. The summed E-state index contributed by atoms with van der Waals surface area (Å²) in [5, 5.41) is 13.2. The fourth-order valence-electron chi connectivity index (χ4n) is 1.45. The molecule has 0 aromatic carbocycles. The molecule has 1 fully saturated rings. The van der Waals surface area contributed by atoms with Gasteiger partial charge in [-0.3, -0.25) is 0 Å². The lowest BCUT2D eigenvalue weighted by Gasteiger charge is -2.36. The Balaban J connectivity index is 2.29. The van der Waals surface area contributed by atoms with Crippen LogP contribution < -0.4 is 0 Å². The Morgan fingerprint density at radius 1 is 1.42 bits per heavy atom. The van der Waals surface area contributed by atoms with Crippen molar-refractivity contribution in [2.45, 2.75) is 6.92 Å². The molecule has 1 aliphatic rings. The van der Waals surface area contributed by atoms with E-state index in [0.29, 0.717) is 0 Å². The molecule has 0 aromatic heterocycles. The molecule has 1 saturated heterocycles. The maximum absolute atomic E-state index is 8.80. The number of hydrazine groups is 1. The second-order valence-electron chi connectivity index (χ2n) is 2.84. The molecule has 0 spiro atoms. The molecule has 4 heteroatoms. The fraction of sp³-hybridized carbons (Fsp3) is 1.00. The quantitative estimate of drug-likeness (QED) is 0.626. The van der Waals surface area contributed by atoms with Crippen molar-refractivity contribution in [1.82, 2.24) is 10.0 Å². The summed E-state index contributed by atoms with van der Waals surface area (Å²) in [4.78, 5) is 0. The van der Waals surface area contributed by atoms with Crippen LogP contribution in [0.15, 0.2) is 0 Å². The summed E-state index contributed by atoms with van der Waals surface area (Å²) in [6, 6.07) is 0. The van der Waals surface area contributed by atoms with E-state index in [0.717, 1.165) is 39.4 Å². The van der Waals surface area contributed by atoms with Crippen LogP contribution in [0, 0.1) is 0 Å². The van der Waals surface area contributed by atoms with Crippen molar-refractivity contribution in [3.63, 3.8) is 0 Å². The normalized spacial score (nSPS) is 20.2. The zero-order chi connectivity index (χ0) is 8.81. The number of ether oxygens (including phenoxy) is 1. The summed E-state index contributed by atoms with van der Waals surface area (Å²) < 4.78 is 5.24. The van der Waals surface area contributed by atoms with Crippen molar-refractivity contribution in [2.75, 3.05) is 46.0 Å². The molecule has 0 bridgehead atoms. The standard InChI is InChI=1S/C8H18N2O2/c1-2-9(3-6-11)10-4-7-12-8-5-10/h11H,2-8H2,1H3. The molecular formula is C8H18N2O2. The number of rotatable bonds is 4. The van der Waals surface area contributed by atoms with Crippen LogP contribution in [0.3, 0.4) is 0 Å². The summed E-state index contributed by atoms with van der Waals surface area (Å²) in [6.45, 7) is 7.54. The lowest BCUT2D eigenvalue weighted by Crippen LogP contribution is -2.49. The average molecular weight is 174 g/mol. The number of aliphatic hydroxyl groups excluding tert-OH is 1. The van der Waals surface area contributed by atoms with E-state index in [4.69, 9.17) is 9.84 Å². The lowest BCUT2D eigenvalue weighted by atomic mass is 10.5. The minimum absolute atomic E-state index is 0.227. The minimum Gasteiger partial charge on any atom is -0.395 e. The summed E-state index contributed by atoms with van der Waals surface area (Å²) in [7, 11) is 0. The van der Waals surface area contributed by atoms with Crippen LogP contribution in [0.5, 0.6) is 0 Å². The molecule has 72 valence electrons. The molecule has 0 aromatic rings. The summed E-state index contributed by atoms with van der Waals surface area (Å²) in [5.74, 6) is 0. The van der Waals surface area contributed by atoms with Crippen LogP contribution in [-0.4, -0.2) is 61.1 Å². The van der Waals surface area contributed by atoms with E-state index in [-0.39, 0.29) is 6.61 Å². The third kappa shape index (κ3) is 2.71. The monoisotopic (exact) mass is 174 g/mol. The van der Waals surface area contributed by atoms with Gasteiger partial charge in [0.2, 0.25) is 0 Å². The van der Waals surface area contributed by atoms with Gasteiger partial charge in [-0.2, -0.15) is 0 Å². The summed E-state index contributed by atoms with van der Waals surface area (Å²) >= 11 is 0. The van der Waals surface area contributed by atoms with Gasteiger partial charge in [-0.25, -0.2) is 10.0 Å². The molecule has 0 saturated carbocycles. The molecule has 4 nitrogen and oxygen atoms in total. The molecular weight excluding hydrogens is 156 g/mol. The highest BCUT2D eigenvalue weighted by molar-refractivity contribution is 4.60. The first kappa shape index (κ1) is 9.92. The van der Waals surface area contributed by atoms with E-state index in [2.05, 4.69) is 16.9 Å². The van der Waals surface area contributed by atoms with Crippen molar-refractivity contribution < 1.29 is 9.84 Å². The Morgan fingerprint density at radius 2 is 2.08 bits per heavy atom. The van der Waals surface area contributed by atoms with Gasteiger partial charge < -0.3 is 9.84 Å². The second kappa shape index (κ2) is 5.48. The molecule has 0 unspecified atom stereocenters. The number of aliphatic hydroxyl groups is 1. The van der Waals surface area contributed by atoms with Crippen LogP contribution in [0.4, 0.5) is 0 Å². The maximum atomic E-state index is 8.80. The first-order valence-corrected chi connectivity index (χ1v) is 4.57. The van der Waals surface area contributed by atoms with E-state index >= 15 is 0 Å². The average Bonchev–Trinajstić information content (AvgIpc) is 2.15. The highest BCUT2D eigenvalue weighted by atomic mass is 16.5. The van der Waals surface area contributed by atoms with Gasteiger partial charge >= 0.3 is 0 Å². The lowest BCUT2D eigenvalue weighted by molar-refractivity contribution is -0.0922. The second-order valence-corrected chi connectivity index (χ2v) is 2.84. The highest BCUT2D eigenvalue weighted by Crippen LogP contribution is 2.01. The number of hydrogen-bond acceptors (Lipinski definition) is 4. The van der Waals surface area contributed by atoms with Gasteiger partial charge in [-0.1, -0.05) is 6.92 Å².